The quantitative estimate of drug-likeness (QED) is 0.546. The Labute approximate surface area is 170 Å². The molecule has 0 bridgehead atoms. The molecule has 5 atom stereocenters. The van der Waals surface area contributed by atoms with Crippen LogP contribution in [0.5, 0.6) is 0 Å². The van der Waals surface area contributed by atoms with Gasteiger partial charge in [-0.2, -0.15) is 0 Å². The summed E-state index contributed by atoms with van der Waals surface area (Å²) in [5.41, 5.74) is -6.71. The van der Waals surface area contributed by atoms with Crippen LogP contribution in [0.15, 0.2) is 36.9 Å². The number of hydrogen-bond donors (Lipinski definition) is 3. The number of hydrogen-bond acceptors (Lipinski definition) is 5. The largest absolute Gasteiger partial charge is 0.479 e. The van der Waals surface area contributed by atoms with Crippen LogP contribution in [0.3, 0.4) is 0 Å². The molecule has 2 saturated carbocycles. The summed E-state index contributed by atoms with van der Waals surface area (Å²) in [5, 5.41) is 21.6. The van der Waals surface area contributed by atoms with E-state index in [1.54, 1.807) is 0 Å². The Kier molecular flexibility index (Phi) is 5.32. The van der Waals surface area contributed by atoms with Crippen molar-refractivity contribution < 1.29 is 42.9 Å². The molecule has 2 fully saturated rings. The van der Waals surface area contributed by atoms with E-state index in [-0.39, 0.29) is 19.6 Å². The number of ether oxygens (including phenoxy) is 2. The minimum Gasteiger partial charge on any atom is -0.479 e. The fourth-order valence-electron chi connectivity index (χ4n) is 4.65. The summed E-state index contributed by atoms with van der Waals surface area (Å²) >= 11 is 0. The molecule has 2 aliphatic rings. The Morgan fingerprint density at radius 2 is 1.90 bits per heavy atom. The number of rotatable bonds is 8. The number of carboxylic acids is 2. The average Bonchev–Trinajstić information content (AvgIpc) is 3.05. The SMILES string of the molecule is C=CCOC(=O)N[C@@]1(C(=O)O)[C@H](OCc2ccc(F)cc2)C[C@@H]2[C@@]1(C)[C@@]2(F)C(=O)O. The van der Waals surface area contributed by atoms with Crippen molar-refractivity contribution in [1.29, 1.82) is 0 Å². The molecule has 162 valence electrons. The molecule has 1 aromatic rings. The summed E-state index contributed by atoms with van der Waals surface area (Å²) < 4.78 is 38.9. The van der Waals surface area contributed by atoms with Crippen molar-refractivity contribution in [3.05, 3.63) is 48.3 Å². The third kappa shape index (κ3) is 2.85. The zero-order chi connectivity index (χ0) is 22.3. The van der Waals surface area contributed by atoms with Gasteiger partial charge in [0.05, 0.1) is 18.1 Å². The molecule has 2 aliphatic carbocycles. The summed E-state index contributed by atoms with van der Waals surface area (Å²) in [6.07, 6.45) is -1.43. The molecule has 1 aromatic carbocycles. The van der Waals surface area contributed by atoms with Crippen molar-refractivity contribution >= 4 is 18.0 Å². The lowest BCUT2D eigenvalue weighted by Gasteiger charge is -2.39. The monoisotopic (exact) mass is 425 g/mol. The molecular weight excluding hydrogens is 404 g/mol. The van der Waals surface area contributed by atoms with Gasteiger partial charge in [-0.15, -0.1) is 0 Å². The maximum absolute atomic E-state index is 15.3. The summed E-state index contributed by atoms with van der Waals surface area (Å²) in [5.74, 6) is -5.12. The Morgan fingerprint density at radius 1 is 1.27 bits per heavy atom. The first-order valence-corrected chi connectivity index (χ1v) is 9.13. The number of halogens is 2. The first-order valence-electron chi connectivity index (χ1n) is 9.13. The zero-order valence-electron chi connectivity index (χ0n) is 16.1. The van der Waals surface area contributed by atoms with E-state index in [0.29, 0.717) is 5.56 Å². The van der Waals surface area contributed by atoms with Crippen LogP contribution in [0.4, 0.5) is 13.6 Å². The van der Waals surface area contributed by atoms with Gasteiger partial charge in [0, 0.05) is 5.92 Å². The minimum absolute atomic E-state index is 0.154. The van der Waals surface area contributed by atoms with Crippen molar-refractivity contribution in [1.82, 2.24) is 5.32 Å². The molecule has 0 radical (unpaired) electrons. The van der Waals surface area contributed by atoms with Gasteiger partial charge in [0.15, 0.2) is 5.54 Å². The maximum atomic E-state index is 15.3. The Bertz CT molecular complexity index is 892. The van der Waals surface area contributed by atoms with E-state index in [1.807, 2.05) is 0 Å². The molecule has 0 aromatic heterocycles. The number of benzene rings is 1. The van der Waals surface area contributed by atoms with Gasteiger partial charge in [0.2, 0.25) is 5.67 Å². The van der Waals surface area contributed by atoms with E-state index in [0.717, 1.165) is 6.92 Å². The third-order valence-electron chi connectivity index (χ3n) is 6.25. The molecule has 1 amide bonds. The van der Waals surface area contributed by atoms with Gasteiger partial charge in [-0.1, -0.05) is 31.7 Å². The van der Waals surface area contributed by atoms with Crippen LogP contribution in [0, 0.1) is 17.2 Å². The fraction of sp³-hybridized carbons (Fsp3) is 0.450. The second kappa shape index (κ2) is 7.35. The summed E-state index contributed by atoms with van der Waals surface area (Å²) in [4.78, 5) is 36.2. The molecule has 0 heterocycles. The number of amides is 1. The molecule has 8 nitrogen and oxygen atoms in total. The molecule has 3 N–H and O–H groups in total. The zero-order valence-corrected chi connectivity index (χ0v) is 16.1. The lowest BCUT2D eigenvalue weighted by Crippen LogP contribution is -2.67. The molecule has 10 heteroatoms. The van der Waals surface area contributed by atoms with Crippen LogP contribution in [0.1, 0.15) is 18.9 Å². The van der Waals surface area contributed by atoms with Gasteiger partial charge in [-0.05, 0) is 24.1 Å². The van der Waals surface area contributed by atoms with Crippen LogP contribution < -0.4 is 5.32 Å². The molecule has 30 heavy (non-hydrogen) atoms. The number of carboxylic acid groups (broad SMARTS) is 2. The van der Waals surface area contributed by atoms with E-state index < -0.39 is 52.5 Å². The maximum Gasteiger partial charge on any atom is 0.408 e. The van der Waals surface area contributed by atoms with Crippen molar-refractivity contribution in [2.45, 2.75) is 37.3 Å². The highest BCUT2D eigenvalue weighted by molar-refractivity contribution is 5.95. The lowest BCUT2D eigenvalue weighted by molar-refractivity contribution is -0.163. The first kappa shape index (κ1) is 21.7. The summed E-state index contributed by atoms with van der Waals surface area (Å²) in [6, 6.07) is 5.24. The lowest BCUT2D eigenvalue weighted by atomic mass is 9.77. The Balaban J connectivity index is 1.94. The van der Waals surface area contributed by atoms with Crippen LogP contribution in [-0.2, 0) is 25.7 Å². The van der Waals surface area contributed by atoms with Gasteiger partial charge in [0.1, 0.15) is 12.4 Å². The predicted octanol–water partition coefficient (Wildman–Crippen LogP) is 2.28. The van der Waals surface area contributed by atoms with Crippen molar-refractivity contribution in [2.75, 3.05) is 6.61 Å². The molecule has 0 spiro atoms. The van der Waals surface area contributed by atoms with E-state index in [1.165, 1.54) is 30.3 Å². The number of alkyl halides is 1. The molecule has 3 rings (SSSR count). The number of nitrogens with one attached hydrogen (secondary N) is 1. The van der Waals surface area contributed by atoms with E-state index in [9.17, 15) is 29.0 Å². The van der Waals surface area contributed by atoms with E-state index >= 15 is 4.39 Å². The predicted molar refractivity (Wildman–Crippen MR) is 97.7 cm³/mol. The van der Waals surface area contributed by atoms with Crippen LogP contribution >= 0.6 is 0 Å². The number of carbonyl (C=O) groups is 3. The average molecular weight is 425 g/mol. The van der Waals surface area contributed by atoms with E-state index in [4.69, 9.17) is 9.47 Å². The smallest absolute Gasteiger partial charge is 0.408 e. The van der Waals surface area contributed by atoms with Crippen LogP contribution in [0.2, 0.25) is 0 Å². The fourth-order valence-corrected chi connectivity index (χ4v) is 4.65. The van der Waals surface area contributed by atoms with Gasteiger partial charge < -0.3 is 25.0 Å². The molecule has 0 saturated heterocycles. The highest BCUT2D eigenvalue weighted by atomic mass is 19.1. The first-order chi connectivity index (χ1) is 14.1. The topological polar surface area (TPSA) is 122 Å². The van der Waals surface area contributed by atoms with Crippen molar-refractivity contribution in [3.8, 4) is 0 Å². The third-order valence-corrected chi connectivity index (χ3v) is 6.25. The Hall–Kier alpha value is -3.01. The normalized spacial score (nSPS) is 34.0. The van der Waals surface area contributed by atoms with Crippen molar-refractivity contribution in [3.63, 3.8) is 0 Å². The highest BCUT2D eigenvalue weighted by Crippen LogP contribution is 2.77. The second-order valence-corrected chi connectivity index (χ2v) is 7.56. The second-order valence-electron chi connectivity index (χ2n) is 7.56. The van der Waals surface area contributed by atoms with Crippen LogP contribution in [-0.4, -0.2) is 52.2 Å². The van der Waals surface area contributed by atoms with Gasteiger partial charge >= 0.3 is 18.0 Å². The molecule has 0 unspecified atom stereocenters. The van der Waals surface area contributed by atoms with Crippen LogP contribution in [0.25, 0.3) is 0 Å². The van der Waals surface area contributed by atoms with Crippen molar-refractivity contribution in [2.24, 2.45) is 11.3 Å². The Morgan fingerprint density at radius 3 is 2.43 bits per heavy atom. The number of fused-ring (bicyclic) bond motifs is 1. The molecule has 0 aliphatic heterocycles. The van der Waals surface area contributed by atoms with Gasteiger partial charge in [-0.25, -0.2) is 23.2 Å². The number of alkyl carbamates (subject to hydrolysis) is 1. The van der Waals surface area contributed by atoms with Gasteiger partial charge in [-0.3, -0.25) is 0 Å². The summed E-state index contributed by atoms with van der Waals surface area (Å²) in [7, 11) is 0. The van der Waals surface area contributed by atoms with E-state index in [2.05, 4.69) is 11.9 Å². The summed E-state index contributed by atoms with van der Waals surface area (Å²) in [6.45, 7) is 4.15. The highest BCUT2D eigenvalue weighted by Gasteiger charge is 2.94. The standard InChI is InChI=1S/C20H21F2NO7/c1-3-8-29-17(28)23-20(16(26)27)14(30-10-11-4-6-12(21)7-5-11)9-13-18(20,2)19(13,22)15(24)25/h3-7,13-14H,1,8-10H2,2H3,(H,23,28)(H,24,25)(H,26,27)/t13-,14-,18+,19+,20-/m1/s1. The number of carbonyl (C=O) groups excluding carboxylic acids is 1. The molecular formula is C20H21F2NO7. The van der Waals surface area contributed by atoms with Gasteiger partial charge in [0.25, 0.3) is 0 Å². The minimum atomic E-state index is -2.85. The number of aliphatic carboxylic acids is 2.